The van der Waals surface area contributed by atoms with Crippen molar-refractivity contribution in [1.82, 2.24) is 0 Å². The zero-order valence-electron chi connectivity index (χ0n) is 9.93. The molecule has 0 unspecified atom stereocenters. The van der Waals surface area contributed by atoms with Crippen LogP contribution in [0.4, 0.5) is 0 Å². The zero-order valence-corrected chi connectivity index (χ0v) is 9.93. The van der Waals surface area contributed by atoms with E-state index in [2.05, 4.69) is 37.3 Å². The van der Waals surface area contributed by atoms with Gasteiger partial charge in [0.05, 0.1) is 0 Å². The minimum absolute atomic E-state index is 1.17. The van der Waals surface area contributed by atoms with E-state index in [1.54, 1.807) is 0 Å². The third-order valence-electron chi connectivity index (χ3n) is 2.58. The second-order valence-corrected chi connectivity index (χ2v) is 3.92. The first-order valence-corrected chi connectivity index (χ1v) is 5.73. The summed E-state index contributed by atoms with van der Waals surface area (Å²) in [4.78, 5) is 0. The normalized spacial score (nSPS) is 11.9. The summed E-state index contributed by atoms with van der Waals surface area (Å²) in [6.07, 6.45) is 7.22. The van der Waals surface area contributed by atoms with Crippen LogP contribution in [0.1, 0.15) is 18.1 Å². The van der Waals surface area contributed by atoms with Crippen LogP contribution >= 0.6 is 0 Å². The van der Waals surface area contributed by atoms with Crippen LogP contribution in [-0.4, -0.2) is 0 Å². The Hall–Kier alpha value is -2.08. The summed E-state index contributed by atoms with van der Waals surface area (Å²) < 4.78 is 0. The van der Waals surface area contributed by atoms with Crippen LogP contribution in [0.25, 0.3) is 11.6 Å². The Morgan fingerprint density at radius 3 is 2.12 bits per heavy atom. The number of rotatable bonds is 3. The van der Waals surface area contributed by atoms with E-state index in [-0.39, 0.29) is 0 Å². The largest absolute Gasteiger partial charge is 0.0622 e. The SMILES string of the molecule is CC(=C[C]=Cc1ccccc1)c1ccccc1. The van der Waals surface area contributed by atoms with Crippen molar-refractivity contribution in [3.8, 4) is 0 Å². The predicted molar refractivity (Wildman–Crippen MR) is 74.2 cm³/mol. The molecule has 0 heteroatoms. The van der Waals surface area contributed by atoms with E-state index in [0.717, 1.165) is 0 Å². The number of hydrogen-bond donors (Lipinski definition) is 0. The minimum Gasteiger partial charge on any atom is -0.0622 e. The second kappa shape index (κ2) is 5.86. The van der Waals surface area contributed by atoms with Crippen molar-refractivity contribution in [1.29, 1.82) is 0 Å². The first kappa shape index (κ1) is 11.4. The average molecular weight is 219 g/mol. The van der Waals surface area contributed by atoms with Crippen molar-refractivity contribution in [3.63, 3.8) is 0 Å². The van der Waals surface area contributed by atoms with Gasteiger partial charge >= 0.3 is 0 Å². The molecule has 0 atom stereocenters. The van der Waals surface area contributed by atoms with Crippen molar-refractivity contribution < 1.29 is 0 Å². The standard InChI is InChI=1S/C17H15/c1-15(17-13-6-3-7-14-17)9-8-12-16-10-4-2-5-11-16/h2-7,9-14H,1H3. The summed E-state index contributed by atoms with van der Waals surface area (Å²) in [6.45, 7) is 2.10. The quantitative estimate of drug-likeness (QED) is 0.661. The van der Waals surface area contributed by atoms with Gasteiger partial charge < -0.3 is 0 Å². The van der Waals surface area contributed by atoms with Crippen molar-refractivity contribution in [2.75, 3.05) is 0 Å². The lowest BCUT2D eigenvalue weighted by Gasteiger charge is -1.98. The van der Waals surface area contributed by atoms with Crippen LogP contribution in [0.3, 0.4) is 0 Å². The van der Waals surface area contributed by atoms with E-state index in [9.17, 15) is 0 Å². The number of hydrogen-bond acceptors (Lipinski definition) is 0. The molecule has 0 saturated heterocycles. The summed E-state index contributed by atoms with van der Waals surface area (Å²) in [5.41, 5.74) is 3.63. The molecule has 0 aliphatic rings. The Bertz CT molecular complexity index is 504. The van der Waals surface area contributed by atoms with Gasteiger partial charge in [0.2, 0.25) is 0 Å². The molecule has 0 aliphatic carbocycles. The number of allylic oxidation sites excluding steroid dienone is 3. The molecule has 1 radical (unpaired) electrons. The van der Waals surface area contributed by atoms with Gasteiger partial charge in [-0.25, -0.2) is 0 Å². The van der Waals surface area contributed by atoms with Gasteiger partial charge in [-0.05, 0) is 35.8 Å². The highest BCUT2D eigenvalue weighted by Crippen LogP contribution is 2.12. The van der Waals surface area contributed by atoms with Crippen LogP contribution in [0.2, 0.25) is 0 Å². The minimum atomic E-state index is 1.17. The smallest absolute Gasteiger partial charge is 0.0175 e. The zero-order chi connectivity index (χ0) is 11.9. The van der Waals surface area contributed by atoms with E-state index >= 15 is 0 Å². The van der Waals surface area contributed by atoms with Crippen LogP contribution < -0.4 is 0 Å². The molecule has 0 saturated carbocycles. The highest BCUT2D eigenvalue weighted by Gasteiger charge is 1.91. The molecule has 0 bridgehead atoms. The molecule has 83 valence electrons. The van der Waals surface area contributed by atoms with E-state index in [4.69, 9.17) is 0 Å². The van der Waals surface area contributed by atoms with Crippen LogP contribution in [0.5, 0.6) is 0 Å². The lowest BCUT2D eigenvalue weighted by molar-refractivity contribution is 1.56. The highest BCUT2D eigenvalue weighted by molar-refractivity contribution is 5.65. The molecule has 17 heavy (non-hydrogen) atoms. The molecule has 0 fully saturated rings. The topological polar surface area (TPSA) is 0 Å². The third-order valence-corrected chi connectivity index (χ3v) is 2.58. The lowest BCUT2D eigenvalue weighted by atomic mass is 10.1. The molecule has 0 aromatic heterocycles. The number of benzene rings is 2. The Morgan fingerprint density at radius 1 is 0.882 bits per heavy atom. The Labute approximate surface area is 103 Å². The molecule has 0 N–H and O–H groups in total. The van der Waals surface area contributed by atoms with Gasteiger partial charge in [0.15, 0.2) is 0 Å². The van der Waals surface area contributed by atoms with E-state index in [1.807, 2.05) is 48.6 Å². The Kier molecular flexibility index (Phi) is 3.93. The molecule has 0 amide bonds. The van der Waals surface area contributed by atoms with Crippen molar-refractivity contribution in [2.24, 2.45) is 0 Å². The summed E-state index contributed by atoms with van der Waals surface area (Å²) in [5.74, 6) is 0. The molecule has 2 rings (SSSR count). The van der Waals surface area contributed by atoms with E-state index in [1.165, 1.54) is 16.7 Å². The molecule has 2 aromatic carbocycles. The van der Waals surface area contributed by atoms with Gasteiger partial charge in [0, 0.05) is 0 Å². The molecule has 0 spiro atoms. The predicted octanol–water partition coefficient (Wildman–Crippen LogP) is 4.61. The molecule has 0 aliphatic heterocycles. The van der Waals surface area contributed by atoms with Gasteiger partial charge in [-0.3, -0.25) is 0 Å². The van der Waals surface area contributed by atoms with Gasteiger partial charge in [-0.1, -0.05) is 66.7 Å². The Balaban J connectivity index is 2.09. The lowest BCUT2D eigenvalue weighted by Crippen LogP contribution is -1.76. The summed E-state index contributed by atoms with van der Waals surface area (Å²) in [5, 5.41) is 0. The van der Waals surface area contributed by atoms with Crippen molar-refractivity contribution in [2.45, 2.75) is 6.92 Å². The van der Waals surface area contributed by atoms with Crippen molar-refractivity contribution in [3.05, 3.63) is 83.9 Å². The fraction of sp³-hybridized carbons (Fsp3) is 0.0588. The monoisotopic (exact) mass is 219 g/mol. The first-order valence-electron chi connectivity index (χ1n) is 5.73. The summed E-state index contributed by atoms with van der Waals surface area (Å²) in [6, 6.07) is 20.6. The second-order valence-electron chi connectivity index (χ2n) is 3.92. The molecule has 0 nitrogen and oxygen atoms in total. The maximum atomic E-state index is 3.21. The van der Waals surface area contributed by atoms with Gasteiger partial charge in [-0.15, -0.1) is 0 Å². The van der Waals surface area contributed by atoms with Crippen LogP contribution in [-0.2, 0) is 0 Å². The van der Waals surface area contributed by atoms with E-state index < -0.39 is 0 Å². The highest BCUT2D eigenvalue weighted by atomic mass is 14.0. The third kappa shape index (κ3) is 3.46. The van der Waals surface area contributed by atoms with Crippen LogP contribution in [0, 0.1) is 6.08 Å². The fourth-order valence-electron chi connectivity index (χ4n) is 1.60. The summed E-state index contributed by atoms with van der Waals surface area (Å²) >= 11 is 0. The fourth-order valence-corrected chi connectivity index (χ4v) is 1.60. The van der Waals surface area contributed by atoms with Gasteiger partial charge in [0.25, 0.3) is 0 Å². The van der Waals surface area contributed by atoms with E-state index in [0.29, 0.717) is 0 Å². The maximum absolute atomic E-state index is 3.21. The molecule has 0 heterocycles. The molecular weight excluding hydrogens is 204 g/mol. The van der Waals surface area contributed by atoms with Crippen LogP contribution in [0.15, 0.2) is 66.7 Å². The summed E-state index contributed by atoms with van der Waals surface area (Å²) in [7, 11) is 0. The van der Waals surface area contributed by atoms with Crippen molar-refractivity contribution >= 4 is 11.6 Å². The maximum Gasteiger partial charge on any atom is -0.0175 e. The molecular formula is C17H15. The molecule has 2 aromatic rings. The Morgan fingerprint density at radius 2 is 1.47 bits per heavy atom. The van der Waals surface area contributed by atoms with Gasteiger partial charge in [-0.2, -0.15) is 0 Å². The van der Waals surface area contributed by atoms with Gasteiger partial charge in [0.1, 0.15) is 0 Å². The first-order chi connectivity index (χ1) is 8.36. The average Bonchev–Trinajstić information content (AvgIpc) is 2.41.